The van der Waals surface area contributed by atoms with Crippen LogP contribution in [0.1, 0.15) is 52.9 Å². The summed E-state index contributed by atoms with van der Waals surface area (Å²) in [7, 11) is 6.86. The Balaban J connectivity index is 3.17. The summed E-state index contributed by atoms with van der Waals surface area (Å²) in [6.07, 6.45) is 0. The third-order valence-corrected chi connectivity index (χ3v) is 4.51. The van der Waals surface area contributed by atoms with E-state index in [1.165, 1.54) is 12.0 Å². The summed E-state index contributed by atoms with van der Waals surface area (Å²) in [5.41, 5.74) is 1.64. The number of nitrogens with zero attached hydrogens (tertiary/aromatic N) is 3. The Morgan fingerprint density at radius 3 is 2.14 bits per heavy atom. The highest BCUT2D eigenvalue weighted by molar-refractivity contribution is 6.04. The highest BCUT2D eigenvalue weighted by Gasteiger charge is 2.28. The average Bonchev–Trinajstić information content (AvgIpc) is 2.78. The average molecular weight is 395 g/mol. The predicted molar refractivity (Wildman–Crippen MR) is 109 cm³/mol. The van der Waals surface area contributed by atoms with Crippen LogP contribution in [0.15, 0.2) is 0 Å². The van der Waals surface area contributed by atoms with Crippen molar-refractivity contribution in [2.75, 3.05) is 40.8 Å². The number of ether oxygens (including phenoxy) is 1. The Morgan fingerprint density at radius 2 is 1.68 bits per heavy atom. The van der Waals surface area contributed by atoms with E-state index in [-0.39, 0.29) is 18.4 Å². The number of amides is 2. The molecule has 0 saturated heterocycles. The first-order valence-electron chi connectivity index (χ1n) is 9.29. The molecule has 1 N–H and O–H groups in total. The van der Waals surface area contributed by atoms with Crippen molar-refractivity contribution in [3.05, 3.63) is 22.5 Å². The lowest BCUT2D eigenvalue weighted by molar-refractivity contribution is 0.0588. The number of rotatable bonds is 7. The third kappa shape index (κ3) is 5.82. The first-order chi connectivity index (χ1) is 12.8. The van der Waals surface area contributed by atoms with Crippen LogP contribution in [0, 0.1) is 13.8 Å². The van der Waals surface area contributed by atoms with E-state index in [0.29, 0.717) is 35.6 Å². The van der Waals surface area contributed by atoms with E-state index in [9.17, 15) is 14.4 Å². The van der Waals surface area contributed by atoms with Gasteiger partial charge < -0.3 is 24.4 Å². The molecule has 0 spiro atoms. The molecule has 1 aromatic heterocycles. The summed E-state index contributed by atoms with van der Waals surface area (Å²) in [4.78, 5) is 41.3. The molecule has 1 aromatic rings. The molecule has 158 valence electrons. The quantitative estimate of drug-likeness (QED) is 0.565. The Morgan fingerprint density at radius 1 is 1.11 bits per heavy atom. The molecule has 0 fully saturated rings. The molecular formula is C20H34N4O4. The molecule has 28 heavy (non-hydrogen) atoms. The van der Waals surface area contributed by atoms with Crippen molar-refractivity contribution in [1.29, 1.82) is 0 Å². The lowest BCUT2D eigenvalue weighted by Crippen LogP contribution is -2.51. The van der Waals surface area contributed by atoms with Gasteiger partial charge in [-0.05, 0) is 54.3 Å². The van der Waals surface area contributed by atoms with Gasteiger partial charge in [0, 0.05) is 36.9 Å². The van der Waals surface area contributed by atoms with Crippen molar-refractivity contribution in [3.63, 3.8) is 0 Å². The highest BCUT2D eigenvalue weighted by Crippen LogP contribution is 2.22. The van der Waals surface area contributed by atoms with Gasteiger partial charge in [0.15, 0.2) is 5.78 Å². The van der Waals surface area contributed by atoms with Crippen molar-refractivity contribution in [2.24, 2.45) is 7.05 Å². The molecule has 0 aliphatic heterocycles. The maximum atomic E-state index is 13.1. The lowest BCUT2D eigenvalue weighted by Gasteiger charge is -2.29. The monoisotopic (exact) mass is 394 g/mol. The second kappa shape index (κ2) is 9.23. The largest absolute Gasteiger partial charge is 0.464 e. The van der Waals surface area contributed by atoms with Crippen LogP contribution < -0.4 is 5.32 Å². The Hall–Kier alpha value is -2.35. The third-order valence-electron chi connectivity index (χ3n) is 4.51. The van der Waals surface area contributed by atoms with E-state index >= 15 is 0 Å². The van der Waals surface area contributed by atoms with E-state index in [1.54, 1.807) is 25.5 Å². The first-order valence-corrected chi connectivity index (χ1v) is 9.29. The molecular weight excluding hydrogens is 360 g/mol. The molecule has 0 atom stereocenters. The number of ketones is 1. The summed E-state index contributed by atoms with van der Waals surface area (Å²) in [5.74, 6) is -0.694. The Labute approximate surface area is 167 Å². The number of aromatic nitrogens is 1. The number of Topliss-reactive ketones (excluding diaryl/α,β-unsaturated/α-hetero) is 1. The number of urea groups is 1. The Bertz CT molecular complexity index is 744. The number of esters is 1. The maximum Gasteiger partial charge on any atom is 0.354 e. The van der Waals surface area contributed by atoms with Crippen LogP contribution in [0.25, 0.3) is 0 Å². The van der Waals surface area contributed by atoms with Crippen molar-refractivity contribution >= 4 is 17.8 Å². The zero-order valence-electron chi connectivity index (χ0n) is 18.6. The second-order valence-electron chi connectivity index (χ2n) is 8.31. The minimum Gasteiger partial charge on any atom is -0.464 e. The summed E-state index contributed by atoms with van der Waals surface area (Å²) >= 11 is 0. The van der Waals surface area contributed by atoms with Crippen LogP contribution in [-0.2, 0) is 11.8 Å². The van der Waals surface area contributed by atoms with E-state index in [4.69, 9.17) is 4.74 Å². The predicted octanol–water partition coefficient (Wildman–Crippen LogP) is 1.98. The molecule has 0 unspecified atom stereocenters. The van der Waals surface area contributed by atoms with Crippen LogP contribution in [0.4, 0.5) is 4.79 Å². The fourth-order valence-corrected chi connectivity index (χ4v) is 3.00. The van der Waals surface area contributed by atoms with Crippen molar-refractivity contribution in [1.82, 2.24) is 19.7 Å². The molecule has 0 aromatic carbocycles. The van der Waals surface area contributed by atoms with Crippen LogP contribution in [-0.4, -0.2) is 78.5 Å². The van der Waals surface area contributed by atoms with Gasteiger partial charge in [-0.25, -0.2) is 9.59 Å². The molecule has 0 aliphatic rings. The first kappa shape index (κ1) is 23.7. The van der Waals surface area contributed by atoms with Crippen molar-refractivity contribution in [3.8, 4) is 0 Å². The summed E-state index contributed by atoms with van der Waals surface area (Å²) in [6.45, 7) is 10.2. The zero-order valence-corrected chi connectivity index (χ0v) is 18.6. The molecule has 0 radical (unpaired) electrons. The zero-order chi connectivity index (χ0) is 21.8. The van der Waals surface area contributed by atoms with Gasteiger partial charge in [0.05, 0.1) is 13.7 Å². The number of carbonyl (C=O) groups is 3. The Kier molecular flexibility index (Phi) is 7.81. The standard InChI is InChI=1S/C20H34N4O4/c1-13-16(14(2)23(8)17(13)18(26)28-9)15(25)12-24(11-10-22(6)7)19(27)21-20(3,4)5/h10-12H2,1-9H3,(H,21,27). The second-order valence-corrected chi connectivity index (χ2v) is 8.31. The summed E-state index contributed by atoms with van der Waals surface area (Å²) in [5, 5.41) is 2.91. The van der Waals surface area contributed by atoms with E-state index in [2.05, 4.69) is 5.32 Å². The lowest BCUT2D eigenvalue weighted by atomic mass is 10.1. The number of carbonyl (C=O) groups excluding carboxylic acids is 3. The van der Waals surface area contributed by atoms with Gasteiger partial charge >= 0.3 is 12.0 Å². The maximum absolute atomic E-state index is 13.1. The topological polar surface area (TPSA) is 83.9 Å². The molecule has 8 heteroatoms. The number of nitrogens with one attached hydrogen (secondary N) is 1. The molecule has 2 amide bonds. The van der Waals surface area contributed by atoms with Gasteiger partial charge in [-0.3, -0.25) is 4.79 Å². The SMILES string of the molecule is COC(=O)c1c(C)c(C(=O)CN(CCN(C)C)C(=O)NC(C)(C)C)c(C)n1C. The molecule has 1 heterocycles. The molecule has 0 bridgehead atoms. The fourth-order valence-electron chi connectivity index (χ4n) is 3.00. The van der Waals surface area contributed by atoms with Gasteiger partial charge in [0.2, 0.25) is 0 Å². The van der Waals surface area contributed by atoms with Crippen molar-refractivity contribution in [2.45, 2.75) is 40.2 Å². The van der Waals surface area contributed by atoms with Gasteiger partial charge in [-0.15, -0.1) is 0 Å². The normalized spacial score (nSPS) is 11.5. The van der Waals surface area contributed by atoms with Crippen molar-refractivity contribution < 1.29 is 19.1 Å². The molecule has 0 saturated carbocycles. The van der Waals surface area contributed by atoms with Gasteiger partial charge in [-0.2, -0.15) is 0 Å². The fraction of sp³-hybridized carbons (Fsp3) is 0.650. The molecule has 0 aliphatic carbocycles. The minimum absolute atomic E-state index is 0.0674. The van der Waals surface area contributed by atoms with E-state index < -0.39 is 11.5 Å². The number of methoxy groups -OCH3 is 1. The van der Waals surface area contributed by atoms with Crippen LogP contribution in [0.2, 0.25) is 0 Å². The van der Waals surface area contributed by atoms with Gasteiger partial charge in [-0.1, -0.05) is 0 Å². The van der Waals surface area contributed by atoms with Crippen LogP contribution in [0.5, 0.6) is 0 Å². The van der Waals surface area contributed by atoms with E-state index in [1.807, 2.05) is 39.8 Å². The van der Waals surface area contributed by atoms with Crippen LogP contribution >= 0.6 is 0 Å². The summed E-state index contributed by atoms with van der Waals surface area (Å²) < 4.78 is 6.49. The minimum atomic E-state index is -0.489. The van der Waals surface area contributed by atoms with Crippen LogP contribution in [0.3, 0.4) is 0 Å². The number of hydrogen-bond acceptors (Lipinski definition) is 5. The van der Waals surface area contributed by atoms with Gasteiger partial charge in [0.1, 0.15) is 5.69 Å². The molecule has 1 rings (SSSR count). The highest BCUT2D eigenvalue weighted by atomic mass is 16.5. The number of hydrogen-bond donors (Lipinski definition) is 1. The van der Waals surface area contributed by atoms with E-state index in [0.717, 1.165) is 0 Å². The summed E-state index contributed by atoms with van der Waals surface area (Å²) in [6, 6.07) is -0.290. The smallest absolute Gasteiger partial charge is 0.354 e. The molecule has 8 nitrogen and oxygen atoms in total. The number of likely N-dealkylation sites (N-methyl/N-ethyl adjacent to an activating group) is 1. The van der Waals surface area contributed by atoms with Gasteiger partial charge in [0.25, 0.3) is 0 Å².